The lowest BCUT2D eigenvalue weighted by Gasteiger charge is -2.46. The van der Waals surface area contributed by atoms with Crippen molar-refractivity contribution < 1.29 is 13.8 Å². The van der Waals surface area contributed by atoms with Gasteiger partial charge in [-0.1, -0.05) is 152 Å². The van der Waals surface area contributed by atoms with Crippen LogP contribution in [0.1, 0.15) is 22.4 Å². The smallest absolute Gasteiger partial charge is 0.601 e. The molecule has 0 saturated carbocycles. The molecule has 0 bridgehead atoms. The summed E-state index contributed by atoms with van der Waals surface area (Å²) in [4.78, 5) is 0. The van der Waals surface area contributed by atoms with Gasteiger partial charge in [-0.3, -0.25) is 0 Å². The average Bonchev–Trinajstić information content (AvgIpc) is 3.81. The van der Waals surface area contributed by atoms with Crippen LogP contribution in [0.15, 0.2) is 194 Å². The molecule has 5 heteroatoms. The first-order valence-electron chi connectivity index (χ1n) is 20.0. The third-order valence-corrected chi connectivity index (χ3v) is 12.5. The van der Waals surface area contributed by atoms with Gasteiger partial charge < -0.3 is 18.3 Å². The van der Waals surface area contributed by atoms with Gasteiger partial charge in [0.25, 0.3) is 0 Å². The Hall–Kier alpha value is -7.63. The first-order valence-corrected chi connectivity index (χ1v) is 20.0. The highest BCUT2D eigenvalue weighted by molar-refractivity contribution is 6.65. The van der Waals surface area contributed by atoms with E-state index in [2.05, 4.69) is 209 Å². The van der Waals surface area contributed by atoms with E-state index in [1.165, 1.54) is 66.4 Å². The van der Waals surface area contributed by atoms with Gasteiger partial charge in [0.15, 0.2) is 11.4 Å². The molecule has 1 spiro atoms. The van der Waals surface area contributed by atoms with Crippen molar-refractivity contribution in [3.63, 3.8) is 0 Å². The van der Waals surface area contributed by atoms with Gasteiger partial charge >= 0.3 is 6.82 Å². The summed E-state index contributed by atoms with van der Waals surface area (Å²) >= 11 is 0. The Kier molecular flexibility index (Phi) is 6.37. The van der Waals surface area contributed by atoms with E-state index in [4.69, 9.17) is 9.31 Å². The topological polar surface area (TPSA) is 26.4 Å². The van der Waals surface area contributed by atoms with Gasteiger partial charge in [-0.25, -0.2) is 0 Å². The minimum atomic E-state index is -2.33. The first kappa shape index (κ1) is 31.6. The van der Waals surface area contributed by atoms with Crippen LogP contribution in [-0.4, -0.2) is 21.5 Å². The van der Waals surface area contributed by atoms with Crippen LogP contribution in [0.25, 0.3) is 78.3 Å². The third-order valence-electron chi connectivity index (χ3n) is 12.5. The van der Waals surface area contributed by atoms with Crippen LogP contribution >= 0.6 is 0 Å². The Labute approximate surface area is 335 Å². The summed E-state index contributed by atoms with van der Waals surface area (Å²) in [7, 11) is 0. The highest BCUT2D eigenvalue weighted by atomic mass is 16.6. The van der Waals surface area contributed by atoms with Crippen LogP contribution in [0.5, 0.6) is 11.5 Å². The van der Waals surface area contributed by atoms with Crippen molar-refractivity contribution in [3.05, 3.63) is 217 Å². The zero-order chi connectivity index (χ0) is 38.0. The molecule has 0 fully saturated rings. The second kappa shape index (κ2) is 11.7. The summed E-state index contributed by atoms with van der Waals surface area (Å²) in [6.45, 7) is -2.33. The summed E-state index contributed by atoms with van der Waals surface area (Å²) in [5, 5.41) is 2.34. The van der Waals surface area contributed by atoms with Crippen LogP contribution in [0, 0.1) is 0 Å². The van der Waals surface area contributed by atoms with Gasteiger partial charge in [0.1, 0.15) is 0 Å². The average molecular weight is 741 g/mol. The molecule has 0 aliphatic carbocycles. The van der Waals surface area contributed by atoms with E-state index in [-0.39, 0.29) is 0 Å². The van der Waals surface area contributed by atoms with Crippen molar-refractivity contribution in [1.29, 1.82) is 0 Å². The predicted molar refractivity (Wildman–Crippen MR) is 236 cm³/mol. The van der Waals surface area contributed by atoms with Crippen LogP contribution in [-0.2, 0) is 0 Å². The van der Waals surface area contributed by atoms with Crippen LogP contribution < -0.4 is 9.31 Å². The van der Waals surface area contributed by atoms with Gasteiger partial charge in [0.05, 0.1) is 28.2 Å². The van der Waals surface area contributed by atoms with Crippen molar-refractivity contribution in [2.45, 2.75) is 0 Å². The Morgan fingerprint density at radius 1 is 0.379 bits per heavy atom. The monoisotopic (exact) mass is 740 g/mol. The molecule has 0 N–H and O–H groups in total. The Bertz CT molecular complexity index is 3260. The van der Waals surface area contributed by atoms with Gasteiger partial charge in [0.2, 0.25) is 0 Å². The fourth-order valence-corrected chi connectivity index (χ4v) is 9.88. The first-order chi connectivity index (χ1) is 28.7. The third kappa shape index (κ3) is 4.33. The van der Waals surface area contributed by atoms with E-state index in [1.807, 2.05) is 0 Å². The number of hydrogen-bond donors (Lipinski definition) is 0. The highest BCUT2D eigenvalue weighted by Gasteiger charge is 2.64. The number of aromatic nitrogens is 1. The SMILES string of the molecule is C1=C2c3ccc(-c4ccc(-c5ccccc5)cc4)cc3C3=[N+]2[B-]2(Oc4ccccc43)Oc3ccccc3-c3c4cc(-c5ccc(-c6ccccc6)cc5)ccc4c1n32. The minimum Gasteiger partial charge on any atom is -0.601 e. The maximum atomic E-state index is 7.34. The number of rotatable bonds is 4. The van der Waals surface area contributed by atoms with Crippen molar-refractivity contribution in [3.8, 4) is 67.3 Å². The summed E-state index contributed by atoms with van der Waals surface area (Å²) in [6.07, 6.45) is 2.36. The van der Waals surface area contributed by atoms with E-state index in [0.717, 1.165) is 45.4 Å². The standard InChI is InChI=1S/C53H33BN2O2/c1-3-11-34(12-4-1)36-19-23-38(24-20-36)40-27-29-42-46(31-40)52-44-15-7-9-17-50(44)57-54-55(52)48(42)33-49-43-30-28-41(39-25-21-37(22-26-39)35-13-5-2-6-14-35)32-47(43)53(56(49)54)45-16-8-10-18-51(45)58-54/h1-33H. The molecular formula is C53H33BN2O2. The van der Waals surface area contributed by atoms with Crippen LogP contribution in [0.4, 0.5) is 0 Å². The Morgan fingerprint density at radius 3 is 1.50 bits per heavy atom. The summed E-state index contributed by atoms with van der Waals surface area (Å²) in [5.41, 5.74) is 18.4. The molecule has 0 saturated heterocycles. The molecule has 9 aromatic rings. The molecule has 4 nitrogen and oxygen atoms in total. The molecule has 1 atom stereocenters. The van der Waals surface area contributed by atoms with E-state index < -0.39 is 6.82 Å². The largest absolute Gasteiger partial charge is 0.780 e. The number of benzene rings is 8. The maximum absolute atomic E-state index is 7.34. The zero-order valence-electron chi connectivity index (χ0n) is 31.3. The highest BCUT2D eigenvalue weighted by Crippen LogP contribution is 2.53. The molecule has 4 aliphatic rings. The number of para-hydroxylation sites is 2. The molecule has 8 aromatic carbocycles. The Morgan fingerprint density at radius 2 is 0.862 bits per heavy atom. The lowest BCUT2D eigenvalue weighted by Crippen LogP contribution is -2.69. The second-order valence-electron chi connectivity index (χ2n) is 15.6. The van der Waals surface area contributed by atoms with Gasteiger partial charge in [-0.2, -0.15) is 0 Å². The molecule has 1 aromatic heterocycles. The predicted octanol–water partition coefficient (Wildman–Crippen LogP) is 12.4. The number of hydrogen-bond acceptors (Lipinski definition) is 2. The zero-order valence-corrected chi connectivity index (χ0v) is 31.3. The van der Waals surface area contributed by atoms with Crippen molar-refractivity contribution in [1.82, 2.24) is 4.48 Å². The van der Waals surface area contributed by atoms with Crippen LogP contribution in [0.2, 0.25) is 0 Å². The summed E-state index contributed by atoms with van der Waals surface area (Å²) in [5.74, 6) is 1.63. The van der Waals surface area contributed by atoms with Crippen molar-refractivity contribution in [2.24, 2.45) is 0 Å². The molecule has 58 heavy (non-hydrogen) atoms. The summed E-state index contributed by atoms with van der Waals surface area (Å²) in [6, 6.07) is 69.5. The quantitative estimate of drug-likeness (QED) is 0.168. The minimum absolute atomic E-state index is 0.814. The van der Waals surface area contributed by atoms with Crippen molar-refractivity contribution in [2.75, 3.05) is 0 Å². The molecule has 4 aliphatic heterocycles. The fraction of sp³-hybridized carbons (Fsp3) is 0. The normalized spacial score (nSPS) is 16.3. The molecule has 5 heterocycles. The van der Waals surface area contributed by atoms with E-state index in [9.17, 15) is 0 Å². The lowest BCUT2D eigenvalue weighted by atomic mass is 9.77. The lowest BCUT2D eigenvalue weighted by molar-refractivity contribution is -0.330. The summed E-state index contributed by atoms with van der Waals surface area (Å²) < 4.78 is 19.4. The molecule has 1 unspecified atom stereocenters. The van der Waals surface area contributed by atoms with Gasteiger partial charge in [-0.05, 0) is 87.0 Å². The number of fused-ring (bicyclic) bond motifs is 10. The van der Waals surface area contributed by atoms with E-state index in [0.29, 0.717) is 0 Å². The molecule has 13 rings (SSSR count). The molecule has 0 radical (unpaired) electrons. The molecule has 270 valence electrons. The van der Waals surface area contributed by atoms with E-state index in [1.54, 1.807) is 0 Å². The van der Waals surface area contributed by atoms with Crippen LogP contribution in [0.3, 0.4) is 0 Å². The number of nitrogens with zero attached hydrogens (tertiary/aromatic N) is 2. The van der Waals surface area contributed by atoms with Gasteiger partial charge in [0, 0.05) is 33.8 Å². The molecular weight excluding hydrogens is 707 g/mol. The molecule has 0 amide bonds. The second-order valence-corrected chi connectivity index (χ2v) is 15.6. The maximum Gasteiger partial charge on any atom is 0.780 e. The fourth-order valence-electron chi connectivity index (χ4n) is 9.88. The van der Waals surface area contributed by atoms with Gasteiger partial charge in [-0.15, -0.1) is 0 Å². The Balaban J connectivity index is 1.02. The van der Waals surface area contributed by atoms with E-state index >= 15 is 0 Å². The van der Waals surface area contributed by atoms with Crippen molar-refractivity contribution >= 4 is 35.1 Å².